The summed E-state index contributed by atoms with van der Waals surface area (Å²) >= 11 is 0. The molecular formula is C14H21N3O2. The van der Waals surface area contributed by atoms with Gasteiger partial charge >= 0.3 is 5.97 Å². The van der Waals surface area contributed by atoms with E-state index in [4.69, 9.17) is 5.11 Å². The van der Waals surface area contributed by atoms with Crippen molar-refractivity contribution in [2.45, 2.75) is 31.8 Å². The fourth-order valence-electron chi connectivity index (χ4n) is 2.47. The summed E-state index contributed by atoms with van der Waals surface area (Å²) in [5, 5.41) is 12.3. The van der Waals surface area contributed by atoms with Crippen molar-refractivity contribution in [2.75, 3.05) is 20.1 Å². The number of carbonyl (C=O) groups is 1. The minimum absolute atomic E-state index is 0.106. The number of carboxylic acids is 1. The van der Waals surface area contributed by atoms with Crippen LogP contribution in [0.15, 0.2) is 18.2 Å². The van der Waals surface area contributed by atoms with E-state index < -0.39 is 5.97 Å². The summed E-state index contributed by atoms with van der Waals surface area (Å²) in [7, 11) is 2.16. The van der Waals surface area contributed by atoms with Crippen LogP contribution in [-0.4, -0.2) is 47.1 Å². The molecule has 1 aromatic heterocycles. The highest BCUT2D eigenvalue weighted by Crippen LogP contribution is 2.14. The number of aromatic carboxylic acids is 1. The Kier molecular flexibility index (Phi) is 4.87. The summed E-state index contributed by atoms with van der Waals surface area (Å²) in [6.07, 6.45) is 3.81. The van der Waals surface area contributed by atoms with Crippen LogP contribution in [0.5, 0.6) is 0 Å². The Morgan fingerprint density at radius 2 is 2.37 bits per heavy atom. The second kappa shape index (κ2) is 6.63. The summed E-state index contributed by atoms with van der Waals surface area (Å²) in [6.45, 7) is 2.71. The molecule has 2 rings (SSSR count). The Bertz CT molecular complexity index is 436. The molecule has 1 atom stereocenters. The molecule has 1 fully saturated rings. The van der Waals surface area contributed by atoms with E-state index in [1.54, 1.807) is 6.07 Å². The van der Waals surface area contributed by atoms with Gasteiger partial charge in [0.05, 0.1) is 5.69 Å². The highest BCUT2D eigenvalue weighted by Gasteiger charge is 2.18. The zero-order valence-electron chi connectivity index (χ0n) is 11.3. The average molecular weight is 263 g/mol. The minimum Gasteiger partial charge on any atom is -0.477 e. The first-order valence-electron chi connectivity index (χ1n) is 6.77. The first-order chi connectivity index (χ1) is 9.16. The fourth-order valence-corrected chi connectivity index (χ4v) is 2.47. The Hall–Kier alpha value is -1.46. The predicted molar refractivity (Wildman–Crippen MR) is 73.2 cm³/mol. The third kappa shape index (κ3) is 4.01. The number of rotatable bonds is 5. The van der Waals surface area contributed by atoms with Crippen LogP contribution in [0.25, 0.3) is 0 Å². The van der Waals surface area contributed by atoms with Gasteiger partial charge in [-0.25, -0.2) is 9.78 Å². The van der Waals surface area contributed by atoms with Gasteiger partial charge in [-0.05, 0) is 38.6 Å². The van der Waals surface area contributed by atoms with Gasteiger partial charge < -0.3 is 15.3 Å². The summed E-state index contributed by atoms with van der Waals surface area (Å²) < 4.78 is 0. The number of likely N-dealkylation sites (N-methyl/N-ethyl adjacent to an activating group) is 1. The number of carboxylic acid groups (broad SMARTS) is 1. The number of aromatic nitrogens is 1. The summed E-state index contributed by atoms with van der Waals surface area (Å²) in [6, 6.07) is 5.68. The van der Waals surface area contributed by atoms with Gasteiger partial charge in [0.15, 0.2) is 0 Å². The largest absolute Gasteiger partial charge is 0.477 e. The fraction of sp³-hybridized carbons (Fsp3) is 0.571. The monoisotopic (exact) mass is 263 g/mol. The van der Waals surface area contributed by atoms with Crippen molar-refractivity contribution in [2.24, 2.45) is 0 Å². The SMILES string of the molecule is CN1CCCCC1CNCc1cccc(C(=O)O)n1. The maximum atomic E-state index is 10.8. The molecule has 5 heteroatoms. The molecule has 0 amide bonds. The molecule has 0 saturated carbocycles. The molecule has 1 aliphatic heterocycles. The lowest BCUT2D eigenvalue weighted by atomic mass is 10.0. The third-order valence-corrected chi connectivity index (χ3v) is 3.63. The van der Waals surface area contributed by atoms with Gasteiger partial charge in [0.2, 0.25) is 0 Å². The number of piperidine rings is 1. The van der Waals surface area contributed by atoms with Gasteiger partial charge in [-0.3, -0.25) is 0 Å². The number of pyridine rings is 1. The molecular weight excluding hydrogens is 242 g/mol. The maximum Gasteiger partial charge on any atom is 0.354 e. The van der Waals surface area contributed by atoms with Crippen molar-refractivity contribution in [3.63, 3.8) is 0 Å². The zero-order chi connectivity index (χ0) is 13.7. The highest BCUT2D eigenvalue weighted by molar-refractivity contribution is 5.85. The molecule has 1 aliphatic rings. The second-order valence-electron chi connectivity index (χ2n) is 5.08. The van der Waals surface area contributed by atoms with Gasteiger partial charge in [-0.1, -0.05) is 12.5 Å². The Morgan fingerprint density at radius 1 is 1.53 bits per heavy atom. The molecule has 1 aromatic rings. The molecule has 2 N–H and O–H groups in total. The molecule has 0 aromatic carbocycles. The Morgan fingerprint density at radius 3 is 3.11 bits per heavy atom. The van der Waals surface area contributed by atoms with Crippen molar-refractivity contribution in [3.05, 3.63) is 29.6 Å². The smallest absolute Gasteiger partial charge is 0.354 e. The standard InChI is InChI=1S/C14H21N3O2/c1-17-8-3-2-6-12(17)10-15-9-11-5-4-7-13(16-11)14(18)19/h4-5,7,12,15H,2-3,6,8-10H2,1H3,(H,18,19). The predicted octanol–water partition coefficient (Wildman–Crippen LogP) is 1.35. The number of nitrogens with zero attached hydrogens (tertiary/aromatic N) is 2. The summed E-state index contributed by atoms with van der Waals surface area (Å²) in [4.78, 5) is 17.3. The van der Waals surface area contributed by atoms with E-state index in [-0.39, 0.29) is 5.69 Å². The van der Waals surface area contributed by atoms with Crippen molar-refractivity contribution in [1.29, 1.82) is 0 Å². The van der Waals surface area contributed by atoms with E-state index in [1.165, 1.54) is 31.9 Å². The third-order valence-electron chi connectivity index (χ3n) is 3.63. The number of hydrogen-bond donors (Lipinski definition) is 2. The van der Waals surface area contributed by atoms with E-state index in [0.29, 0.717) is 12.6 Å². The van der Waals surface area contributed by atoms with E-state index in [1.807, 2.05) is 6.07 Å². The van der Waals surface area contributed by atoms with E-state index >= 15 is 0 Å². The first kappa shape index (κ1) is 14.0. The van der Waals surface area contributed by atoms with Gasteiger partial charge in [0, 0.05) is 19.1 Å². The lowest BCUT2D eigenvalue weighted by Crippen LogP contribution is -2.42. The van der Waals surface area contributed by atoms with Crippen LogP contribution < -0.4 is 5.32 Å². The molecule has 19 heavy (non-hydrogen) atoms. The van der Waals surface area contributed by atoms with Gasteiger partial charge in [-0.2, -0.15) is 0 Å². The molecule has 104 valence electrons. The van der Waals surface area contributed by atoms with Crippen LogP contribution in [0.1, 0.15) is 35.4 Å². The van der Waals surface area contributed by atoms with Crippen molar-refractivity contribution in [3.8, 4) is 0 Å². The van der Waals surface area contributed by atoms with Gasteiger partial charge in [0.1, 0.15) is 5.69 Å². The van der Waals surface area contributed by atoms with E-state index in [2.05, 4.69) is 22.2 Å². The first-order valence-corrected chi connectivity index (χ1v) is 6.77. The normalized spacial score (nSPS) is 20.4. The lowest BCUT2D eigenvalue weighted by Gasteiger charge is -2.32. The van der Waals surface area contributed by atoms with Crippen LogP contribution in [-0.2, 0) is 6.54 Å². The van der Waals surface area contributed by atoms with Gasteiger partial charge in [-0.15, -0.1) is 0 Å². The Labute approximate surface area is 113 Å². The summed E-state index contributed by atoms with van der Waals surface area (Å²) in [5.74, 6) is -0.978. The highest BCUT2D eigenvalue weighted by atomic mass is 16.4. The number of hydrogen-bond acceptors (Lipinski definition) is 4. The molecule has 2 heterocycles. The van der Waals surface area contributed by atoms with Crippen LogP contribution in [0.4, 0.5) is 0 Å². The van der Waals surface area contributed by atoms with Crippen molar-refractivity contribution < 1.29 is 9.90 Å². The topological polar surface area (TPSA) is 65.5 Å². The average Bonchev–Trinajstić information content (AvgIpc) is 2.41. The van der Waals surface area contributed by atoms with Crippen molar-refractivity contribution >= 4 is 5.97 Å². The van der Waals surface area contributed by atoms with Crippen LogP contribution in [0.2, 0.25) is 0 Å². The molecule has 5 nitrogen and oxygen atoms in total. The molecule has 0 radical (unpaired) electrons. The quantitative estimate of drug-likeness (QED) is 0.839. The van der Waals surface area contributed by atoms with Crippen molar-refractivity contribution in [1.82, 2.24) is 15.2 Å². The summed E-state index contributed by atoms with van der Waals surface area (Å²) in [5.41, 5.74) is 0.882. The van der Waals surface area contributed by atoms with Gasteiger partial charge in [0.25, 0.3) is 0 Å². The van der Waals surface area contributed by atoms with Crippen LogP contribution in [0.3, 0.4) is 0 Å². The van der Waals surface area contributed by atoms with E-state index in [9.17, 15) is 4.79 Å². The molecule has 0 aliphatic carbocycles. The lowest BCUT2D eigenvalue weighted by molar-refractivity contribution is 0.0690. The minimum atomic E-state index is -0.978. The number of nitrogens with one attached hydrogen (secondary N) is 1. The number of likely N-dealkylation sites (tertiary alicyclic amines) is 1. The zero-order valence-corrected chi connectivity index (χ0v) is 11.3. The van der Waals surface area contributed by atoms with Crippen LogP contribution in [0, 0.1) is 0 Å². The van der Waals surface area contributed by atoms with E-state index in [0.717, 1.165) is 12.2 Å². The second-order valence-corrected chi connectivity index (χ2v) is 5.08. The van der Waals surface area contributed by atoms with Crippen LogP contribution >= 0.6 is 0 Å². The Balaban J connectivity index is 1.82. The molecule has 1 unspecified atom stereocenters. The molecule has 0 bridgehead atoms. The maximum absolute atomic E-state index is 10.8. The molecule has 1 saturated heterocycles. The molecule has 0 spiro atoms.